The Morgan fingerprint density at radius 1 is 0.914 bits per heavy atom. The van der Waals surface area contributed by atoms with Gasteiger partial charge in [0.05, 0.1) is 17.3 Å². The molecule has 1 aliphatic rings. The number of carbonyl (C=O) groups excluding carboxylic acids is 1. The molecule has 0 bridgehead atoms. The smallest absolute Gasteiger partial charge is 0.326 e. The van der Waals surface area contributed by atoms with E-state index in [4.69, 9.17) is 21.1 Å². The van der Waals surface area contributed by atoms with Gasteiger partial charge in [0.1, 0.15) is 0 Å². The summed E-state index contributed by atoms with van der Waals surface area (Å²) in [6, 6.07) is 20.8. The Hall–Kier alpha value is -3.90. The molecule has 0 saturated heterocycles. The number of benzene rings is 3. The molecule has 1 atom stereocenters. The van der Waals surface area contributed by atoms with Crippen LogP contribution in [0.1, 0.15) is 41.1 Å². The van der Waals surface area contributed by atoms with E-state index in [9.17, 15) is 4.79 Å². The second-order valence-electron chi connectivity index (χ2n) is 8.85. The second kappa shape index (κ2) is 9.04. The first-order valence-corrected chi connectivity index (χ1v) is 11.7. The first kappa shape index (κ1) is 22.9. The lowest BCUT2D eigenvalue weighted by molar-refractivity contribution is 0.244. The number of allylic oxidation sites excluding steroid dienone is 1. The molecule has 2 amide bonds. The molecule has 1 unspecified atom stereocenters. The number of nitrogens with zero attached hydrogens (tertiary/aromatic N) is 3. The lowest BCUT2D eigenvalue weighted by Gasteiger charge is -2.35. The van der Waals surface area contributed by atoms with Gasteiger partial charge in [-0.05, 0) is 57.0 Å². The molecular weight excluding hydrogens is 460 g/mol. The number of nitrogens with one attached hydrogen (secondary N) is 1. The van der Waals surface area contributed by atoms with E-state index >= 15 is 0 Å². The average Bonchev–Trinajstić information content (AvgIpc) is 3.31. The Labute approximate surface area is 209 Å². The van der Waals surface area contributed by atoms with E-state index in [0.29, 0.717) is 28.1 Å². The monoisotopic (exact) mass is 484 g/mol. The summed E-state index contributed by atoms with van der Waals surface area (Å²) in [7, 11) is 0. The predicted molar refractivity (Wildman–Crippen MR) is 138 cm³/mol. The van der Waals surface area contributed by atoms with Crippen molar-refractivity contribution < 1.29 is 9.32 Å². The van der Waals surface area contributed by atoms with Gasteiger partial charge < -0.3 is 9.84 Å². The standard InChI is InChI=1S/C28H25ClN4O2/c1-16-5-9-20(10-6-16)25-24(27-31-26(32-35-27)21-11-7-17(2)8-12-21)19(4)33(28(34)30-25)22-13-14-23(29)18(3)15-22/h5-15,25H,1-4H3,(H,30,34). The third-order valence-electron chi connectivity index (χ3n) is 6.26. The van der Waals surface area contributed by atoms with Crippen LogP contribution in [0, 0.1) is 20.8 Å². The van der Waals surface area contributed by atoms with Gasteiger partial charge in [0.2, 0.25) is 5.82 Å². The van der Waals surface area contributed by atoms with Gasteiger partial charge in [0.25, 0.3) is 5.89 Å². The number of amides is 2. The average molecular weight is 485 g/mol. The number of urea groups is 1. The van der Waals surface area contributed by atoms with Crippen molar-refractivity contribution >= 4 is 28.9 Å². The molecule has 0 radical (unpaired) electrons. The molecule has 0 spiro atoms. The number of halogens is 1. The van der Waals surface area contributed by atoms with Gasteiger partial charge in [-0.1, -0.05) is 76.4 Å². The highest BCUT2D eigenvalue weighted by molar-refractivity contribution is 6.31. The summed E-state index contributed by atoms with van der Waals surface area (Å²) in [6.07, 6.45) is 0. The third kappa shape index (κ3) is 4.33. The summed E-state index contributed by atoms with van der Waals surface area (Å²) in [5.74, 6) is 0.855. The molecule has 1 aromatic heterocycles. The topological polar surface area (TPSA) is 71.3 Å². The molecule has 4 aromatic rings. The second-order valence-corrected chi connectivity index (χ2v) is 9.26. The van der Waals surface area contributed by atoms with Gasteiger partial charge in [-0.2, -0.15) is 4.98 Å². The van der Waals surface area contributed by atoms with E-state index in [1.165, 1.54) is 0 Å². The van der Waals surface area contributed by atoms with Crippen molar-refractivity contribution in [2.24, 2.45) is 0 Å². The van der Waals surface area contributed by atoms with Crippen molar-refractivity contribution in [3.63, 3.8) is 0 Å². The Balaban J connectivity index is 1.65. The van der Waals surface area contributed by atoms with Crippen LogP contribution < -0.4 is 10.2 Å². The largest absolute Gasteiger partial charge is 0.334 e. The summed E-state index contributed by atoms with van der Waals surface area (Å²) in [5, 5.41) is 8.02. The molecule has 0 saturated carbocycles. The number of aryl methyl sites for hydroxylation is 3. The van der Waals surface area contributed by atoms with Crippen LogP contribution in [-0.2, 0) is 0 Å². The Morgan fingerprint density at radius 3 is 2.23 bits per heavy atom. The zero-order chi connectivity index (χ0) is 24.7. The fourth-order valence-corrected chi connectivity index (χ4v) is 4.38. The van der Waals surface area contributed by atoms with E-state index in [1.54, 1.807) is 11.0 Å². The summed E-state index contributed by atoms with van der Waals surface area (Å²) in [5.41, 5.74) is 7.12. The lowest BCUT2D eigenvalue weighted by Crippen LogP contribution is -2.46. The zero-order valence-corrected chi connectivity index (χ0v) is 20.7. The Kier molecular flexibility index (Phi) is 5.91. The number of rotatable bonds is 4. The van der Waals surface area contributed by atoms with Gasteiger partial charge in [-0.15, -0.1) is 0 Å². The normalized spacial score (nSPS) is 16.0. The molecule has 5 rings (SSSR count). The minimum atomic E-state index is -0.445. The lowest BCUT2D eigenvalue weighted by atomic mass is 9.94. The maximum Gasteiger partial charge on any atom is 0.326 e. The number of hydrogen-bond donors (Lipinski definition) is 1. The highest BCUT2D eigenvalue weighted by Crippen LogP contribution is 2.39. The van der Waals surface area contributed by atoms with Crippen molar-refractivity contribution in [1.29, 1.82) is 0 Å². The Morgan fingerprint density at radius 2 is 1.57 bits per heavy atom. The first-order chi connectivity index (χ1) is 16.8. The van der Waals surface area contributed by atoms with Gasteiger partial charge in [-0.3, -0.25) is 4.90 Å². The molecule has 35 heavy (non-hydrogen) atoms. The highest BCUT2D eigenvalue weighted by Gasteiger charge is 2.36. The Bertz CT molecular complexity index is 1440. The van der Waals surface area contributed by atoms with Crippen LogP contribution in [0.5, 0.6) is 0 Å². The van der Waals surface area contributed by atoms with Gasteiger partial charge in [0, 0.05) is 16.3 Å². The van der Waals surface area contributed by atoms with Crippen molar-refractivity contribution in [2.75, 3.05) is 4.90 Å². The van der Waals surface area contributed by atoms with Crippen LogP contribution in [0.3, 0.4) is 0 Å². The van der Waals surface area contributed by atoms with Gasteiger partial charge >= 0.3 is 6.03 Å². The van der Waals surface area contributed by atoms with Crippen LogP contribution in [0.4, 0.5) is 10.5 Å². The van der Waals surface area contributed by atoms with Crippen LogP contribution in [0.2, 0.25) is 5.02 Å². The molecule has 1 aliphatic heterocycles. The fraction of sp³-hybridized carbons (Fsp3) is 0.179. The van der Waals surface area contributed by atoms with Gasteiger partial charge in [-0.25, -0.2) is 4.79 Å². The maximum absolute atomic E-state index is 13.4. The summed E-state index contributed by atoms with van der Waals surface area (Å²) in [6.45, 7) is 7.87. The summed E-state index contributed by atoms with van der Waals surface area (Å²) < 4.78 is 5.78. The third-order valence-corrected chi connectivity index (χ3v) is 6.69. The van der Waals surface area contributed by atoms with Crippen molar-refractivity contribution in [3.05, 3.63) is 106 Å². The number of anilines is 1. The predicted octanol–water partition coefficient (Wildman–Crippen LogP) is 7.02. The molecular formula is C28H25ClN4O2. The van der Waals surface area contributed by atoms with Crippen molar-refractivity contribution in [1.82, 2.24) is 15.5 Å². The SMILES string of the molecule is CC1=C(c2nc(-c3ccc(C)cc3)no2)C(c2ccc(C)cc2)NC(=O)N1c1ccc(Cl)c(C)c1. The summed E-state index contributed by atoms with van der Waals surface area (Å²) in [4.78, 5) is 19.7. The number of aromatic nitrogens is 2. The molecule has 176 valence electrons. The number of hydrogen-bond acceptors (Lipinski definition) is 4. The van der Waals surface area contributed by atoms with Crippen molar-refractivity contribution in [3.8, 4) is 11.4 Å². The van der Waals surface area contributed by atoms with Gasteiger partial charge in [0.15, 0.2) is 0 Å². The quantitative estimate of drug-likeness (QED) is 0.338. The van der Waals surface area contributed by atoms with E-state index in [1.807, 2.05) is 88.4 Å². The van der Waals surface area contributed by atoms with Crippen LogP contribution in [0.25, 0.3) is 17.0 Å². The van der Waals surface area contributed by atoms with E-state index in [0.717, 1.165) is 33.4 Å². The summed E-state index contributed by atoms with van der Waals surface area (Å²) >= 11 is 6.24. The first-order valence-electron chi connectivity index (χ1n) is 11.4. The molecule has 0 aliphatic carbocycles. The van der Waals surface area contributed by atoms with Crippen LogP contribution in [-0.4, -0.2) is 16.2 Å². The van der Waals surface area contributed by atoms with E-state index in [-0.39, 0.29) is 6.03 Å². The van der Waals surface area contributed by atoms with Crippen LogP contribution >= 0.6 is 11.6 Å². The molecule has 7 heteroatoms. The minimum absolute atomic E-state index is 0.239. The van der Waals surface area contributed by atoms with Crippen LogP contribution in [0.15, 0.2) is 77.0 Å². The zero-order valence-electron chi connectivity index (χ0n) is 20.0. The maximum atomic E-state index is 13.4. The minimum Gasteiger partial charge on any atom is -0.334 e. The van der Waals surface area contributed by atoms with E-state index < -0.39 is 6.04 Å². The number of carbonyl (C=O) groups is 1. The molecule has 6 nitrogen and oxygen atoms in total. The molecule has 3 aromatic carbocycles. The van der Waals surface area contributed by atoms with E-state index in [2.05, 4.69) is 10.5 Å². The van der Waals surface area contributed by atoms with Crippen molar-refractivity contribution in [2.45, 2.75) is 33.7 Å². The molecule has 1 N–H and O–H groups in total. The fourth-order valence-electron chi connectivity index (χ4n) is 4.26. The highest BCUT2D eigenvalue weighted by atomic mass is 35.5. The molecule has 2 heterocycles. The molecule has 0 fully saturated rings.